The summed E-state index contributed by atoms with van der Waals surface area (Å²) >= 11 is 1.56. The van der Waals surface area contributed by atoms with Crippen LogP contribution in [0, 0.1) is 5.92 Å². The molecule has 3 heteroatoms. The van der Waals surface area contributed by atoms with Gasteiger partial charge in [0.05, 0.1) is 5.69 Å². The summed E-state index contributed by atoms with van der Waals surface area (Å²) in [4.78, 5) is 4.30. The number of rotatable bonds is 3. The van der Waals surface area contributed by atoms with Crippen molar-refractivity contribution in [2.24, 2.45) is 5.92 Å². The number of aromatic nitrogens is 1. The van der Waals surface area contributed by atoms with Crippen LogP contribution in [0.2, 0.25) is 0 Å². The molecule has 66 valence electrons. The van der Waals surface area contributed by atoms with Crippen LogP contribution in [0.25, 0.3) is 0 Å². The third kappa shape index (κ3) is 1.46. The van der Waals surface area contributed by atoms with Crippen molar-refractivity contribution in [1.82, 2.24) is 4.98 Å². The summed E-state index contributed by atoms with van der Waals surface area (Å²) in [6, 6.07) is 0. The van der Waals surface area contributed by atoms with Crippen molar-refractivity contribution in [3.05, 3.63) is 11.1 Å². The van der Waals surface area contributed by atoms with E-state index in [1.165, 1.54) is 25.0 Å². The quantitative estimate of drug-likeness (QED) is 0.780. The molecule has 1 aliphatic carbocycles. The molecule has 0 saturated heterocycles. The van der Waals surface area contributed by atoms with Crippen LogP contribution in [0.5, 0.6) is 0 Å². The number of nitrogens with zero attached hydrogens (tertiary/aromatic N) is 1. The maximum atomic E-state index is 5.57. The first-order valence-corrected chi connectivity index (χ1v) is 5.40. The normalized spacial score (nSPS) is 27.4. The molecule has 0 aromatic carbocycles. The Morgan fingerprint density at radius 3 is 3.17 bits per heavy atom. The second kappa shape index (κ2) is 3.05. The van der Waals surface area contributed by atoms with Gasteiger partial charge >= 0.3 is 0 Å². The lowest BCUT2D eigenvalue weighted by Gasteiger charge is -1.92. The Labute approximate surface area is 76.8 Å². The average Bonchev–Trinajstić information content (AvgIpc) is 2.67. The van der Waals surface area contributed by atoms with Crippen LogP contribution in [-0.2, 0) is 0 Å². The molecule has 1 fully saturated rings. The summed E-state index contributed by atoms with van der Waals surface area (Å²) in [7, 11) is 0. The van der Waals surface area contributed by atoms with Crippen LogP contribution in [0.15, 0.2) is 5.38 Å². The molecule has 0 radical (unpaired) electrons. The minimum Gasteiger partial charge on any atom is -0.375 e. The van der Waals surface area contributed by atoms with Crippen molar-refractivity contribution in [2.75, 3.05) is 5.73 Å². The lowest BCUT2D eigenvalue weighted by Crippen LogP contribution is -1.86. The second-order valence-electron chi connectivity index (χ2n) is 3.50. The Kier molecular flexibility index (Phi) is 2.05. The van der Waals surface area contributed by atoms with Crippen molar-refractivity contribution in [3.63, 3.8) is 0 Å². The Morgan fingerprint density at radius 2 is 2.58 bits per heavy atom. The molecule has 1 aliphatic rings. The molecule has 2 nitrogen and oxygen atoms in total. The van der Waals surface area contributed by atoms with Gasteiger partial charge in [-0.25, -0.2) is 4.98 Å². The van der Waals surface area contributed by atoms with Gasteiger partial charge in [-0.2, -0.15) is 0 Å². The molecule has 2 N–H and O–H groups in total. The van der Waals surface area contributed by atoms with Gasteiger partial charge in [0, 0.05) is 11.3 Å². The molecule has 2 atom stereocenters. The summed E-state index contributed by atoms with van der Waals surface area (Å²) in [6.07, 6.45) is 3.97. The lowest BCUT2D eigenvalue weighted by molar-refractivity contribution is 0.683. The summed E-state index contributed by atoms with van der Waals surface area (Å²) in [5, 5.41) is 2.82. The summed E-state index contributed by atoms with van der Waals surface area (Å²) in [5.41, 5.74) is 6.80. The molecular formula is C9H14N2S. The maximum absolute atomic E-state index is 5.57. The van der Waals surface area contributed by atoms with E-state index in [1.807, 2.05) is 0 Å². The Morgan fingerprint density at radius 1 is 1.75 bits per heavy atom. The number of nitrogens with two attached hydrogens (primary N) is 1. The van der Waals surface area contributed by atoms with Crippen molar-refractivity contribution >= 4 is 16.5 Å². The van der Waals surface area contributed by atoms with Crippen LogP contribution in [-0.4, -0.2) is 4.98 Å². The lowest BCUT2D eigenvalue weighted by atomic mass is 10.2. The van der Waals surface area contributed by atoms with E-state index in [0.717, 1.165) is 11.8 Å². The molecule has 1 saturated carbocycles. The third-order valence-corrected chi connectivity index (χ3v) is 3.19. The van der Waals surface area contributed by atoms with Crippen LogP contribution in [0.4, 0.5) is 5.13 Å². The number of nitrogen functional groups attached to an aromatic ring is 1. The predicted octanol–water partition coefficient (Wildman–Crippen LogP) is 2.63. The van der Waals surface area contributed by atoms with Gasteiger partial charge in [-0.3, -0.25) is 0 Å². The van der Waals surface area contributed by atoms with E-state index >= 15 is 0 Å². The third-order valence-electron chi connectivity index (χ3n) is 2.50. The van der Waals surface area contributed by atoms with Crippen molar-refractivity contribution < 1.29 is 0 Å². The molecule has 12 heavy (non-hydrogen) atoms. The Bertz CT molecular complexity index is 269. The highest BCUT2D eigenvalue weighted by Gasteiger charge is 2.38. The molecule has 1 heterocycles. The van der Waals surface area contributed by atoms with E-state index in [-0.39, 0.29) is 0 Å². The van der Waals surface area contributed by atoms with E-state index in [0.29, 0.717) is 5.13 Å². The molecule has 2 rings (SSSR count). The van der Waals surface area contributed by atoms with Crippen molar-refractivity contribution in [1.29, 1.82) is 0 Å². The van der Waals surface area contributed by atoms with Gasteiger partial charge in [-0.05, 0) is 12.3 Å². The van der Waals surface area contributed by atoms with Gasteiger partial charge in [0.1, 0.15) is 0 Å². The number of thiazole rings is 1. The molecule has 1 aromatic rings. The van der Waals surface area contributed by atoms with Gasteiger partial charge in [-0.1, -0.05) is 19.8 Å². The zero-order chi connectivity index (χ0) is 8.55. The maximum Gasteiger partial charge on any atom is 0.180 e. The first-order chi connectivity index (χ1) is 5.81. The molecular weight excluding hydrogens is 168 g/mol. The van der Waals surface area contributed by atoms with Gasteiger partial charge in [-0.15, -0.1) is 11.3 Å². The van der Waals surface area contributed by atoms with Crippen LogP contribution < -0.4 is 5.73 Å². The number of anilines is 1. The highest BCUT2D eigenvalue weighted by molar-refractivity contribution is 7.13. The van der Waals surface area contributed by atoms with Crippen LogP contribution in [0.3, 0.4) is 0 Å². The van der Waals surface area contributed by atoms with Gasteiger partial charge in [0.15, 0.2) is 5.13 Å². The fourth-order valence-electron chi connectivity index (χ4n) is 1.77. The molecule has 0 amide bonds. The van der Waals surface area contributed by atoms with Crippen molar-refractivity contribution in [2.45, 2.75) is 32.1 Å². The monoisotopic (exact) mass is 182 g/mol. The average molecular weight is 182 g/mol. The molecule has 0 unspecified atom stereocenters. The molecule has 0 bridgehead atoms. The SMILES string of the molecule is CCC[C@@H]1C[C@H]1c1csc(N)n1. The van der Waals surface area contributed by atoms with E-state index in [1.54, 1.807) is 11.3 Å². The van der Waals surface area contributed by atoms with Gasteiger partial charge in [0.2, 0.25) is 0 Å². The Hall–Kier alpha value is -0.570. The zero-order valence-electron chi connectivity index (χ0n) is 7.29. The first-order valence-electron chi connectivity index (χ1n) is 4.52. The standard InChI is InChI=1S/C9H14N2S/c1-2-3-6-4-7(6)8-5-12-9(10)11-8/h5-7H,2-4H2,1H3,(H2,10,11)/t6-,7-/m1/s1. The topological polar surface area (TPSA) is 38.9 Å². The highest BCUT2D eigenvalue weighted by Crippen LogP contribution is 2.50. The fraction of sp³-hybridized carbons (Fsp3) is 0.667. The smallest absolute Gasteiger partial charge is 0.180 e. The first kappa shape index (κ1) is 8.05. The van der Waals surface area contributed by atoms with Crippen LogP contribution in [0.1, 0.15) is 37.8 Å². The van der Waals surface area contributed by atoms with Crippen LogP contribution >= 0.6 is 11.3 Å². The van der Waals surface area contributed by atoms with E-state index in [2.05, 4.69) is 17.3 Å². The minimum atomic E-state index is 0.715. The summed E-state index contributed by atoms with van der Waals surface area (Å²) in [5.74, 6) is 1.63. The largest absolute Gasteiger partial charge is 0.375 e. The van der Waals surface area contributed by atoms with E-state index in [4.69, 9.17) is 5.73 Å². The minimum absolute atomic E-state index is 0.715. The van der Waals surface area contributed by atoms with Crippen molar-refractivity contribution in [3.8, 4) is 0 Å². The number of hydrogen-bond donors (Lipinski definition) is 1. The zero-order valence-corrected chi connectivity index (χ0v) is 8.10. The second-order valence-corrected chi connectivity index (χ2v) is 4.39. The Balaban J connectivity index is 1.96. The van der Waals surface area contributed by atoms with Gasteiger partial charge in [0.25, 0.3) is 0 Å². The van der Waals surface area contributed by atoms with E-state index < -0.39 is 0 Å². The molecule has 1 aromatic heterocycles. The summed E-state index contributed by atoms with van der Waals surface area (Å²) < 4.78 is 0. The predicted molar refractivity (Wildman–Crippen MR) is 52.3 cm³/mol. The highest BCUT2D eigenvalue weighted by atomic mass is 32.1. The fourth-order valence-corrected chi connectivity index (χ4v) is 2.40. The van der Waals surface area contributed by atoms with Gasteiger partial charge < -0.3 is 5.73 Å². The summed E-state index contributed by atoms with van der Waals surface area (Å²) in [6.45, 7) is 2.24. The molecule has 0 spiro atoms. The number of hydrogen-bond acceptors (Lipinski definition) is 3. The molecule has 0 aliphatic heterocycles. The van der Waals surface area contributed by atoms with E-state index in [9.17, 15) is 0 Å².